The van der Waals surface area contributed by atoms with Gasteiger partial charge < -0.3 is 15.3 Å². The average Bonchev–Trinajstić information content (AvgIpc) is 2.64. The van der Waals surface area contributed by atoms with E-state index in [1.165, 1.54) is 18.9 Å². The van der Waals surface area contributed by atoms with Gasteiger partial charge in [-0.1, -0.05) is 42.5 Å². The van der Waals surface area contributed by atoms with Crippen LogP contribution in [-0.2, 0) is 22.6 Å². The minimum absolute atomic E-state index is 0.130. The molecule has 6 nitrogen and oxygen atoms in total. The van der Waals surface area contributed by atoms with Crippen LogP contribution < -0.4 is 5.32 Å². The molecule has 0 aliphatic rings. The Bertz CT molecular complexity index is 772. The number of hydrogen-bond donors (Lipinski definition) is 2. The van der Waals surface area contributed by atoms with Crippen molar-refractivity contribution in [2.75, 3.05) is 7.05 Å². The summed E-state index contributed by atoms with van der Waals surface area (Å²) in [5.74, 6) is -1.54. The summed E-state index contributed by atoms with van der Waals surface area (Å²) < 4.78 is 0. The number of rotatable bonds is 7. The Morgan fingerprint density at radius 3 is 2.15 bits per heavy atom. The maximum absolute atomic E-state index is 12.7. The fraction of sp³-hybridized carbons (Fsp3) is 0.250. The number of carboxylic acids is 1. The van der Waals surface area contributed by atoms with Gasteiger partial charge in [0.25, 0.3) is 5.91 Å². The van der Waals surface area contributed by atoms with Crippen molar-refractivity contribution in [2.24, 2.45) is 0 Å². The molecule has 0 fully saturated rings. The lowest BCUT2D eigenvalue weighted by Crippen LogP contribution is -2.43. The zero-order valence-corrected chi connectivity index (χ0v) is 14.8. The molecule has 2 aromatic rings. The van der Waals surface area contributed by atoms with Gasteiger partial charge in [0.05, 0.1) is 0 Å². The van der Waals surface area contributed by atoms with E-state index < -0.39 is 12.0 Å². The van der Waals surface area contributed by atoms with Gasteiger partial charge in [-0.15, -0.1) is 0 Å². The van der Waals surface area contributed by atoms with Crippen LogP contribution in [0.4, 0.5) is 0 Å². The van der Waals surface area contributed by atoms with Crippen molar-refractivity contribution in [3.8, 4) is 0 Å². The van der Waals surface area contributed by atoms with Gasteiger partial charge in [-0.05, 0) is 23.3 Å². The topological polar surface area (TPSA) is 86.7 Å². The third-order valence-corrected chi connectivity index (χ3v) is 4.09. The van der Waals surface area contributed by atoms with Crippen molar-refractivity contribution in [3.05, 3.63) is 71.3 Å². The van der Waals surface area contributed by atoms with Crippen LogP contribution in [0, 0.1) is 0 Å². The molecule has 0 spiro atoms. The first-order chi connectivity index (χ1) is 12.4. The van der Waals surface area contributed by atoms with Gasteiger partial charge in [0, 0.05) is 32.5 Å². The Morgan fingerprint density at radius 1 is 1.00 bits per heavy atom. The third kappa shape index (κ3) is 5.17. The average molecular weight is 354 g/mol. The summed E-state index contributed by atoms with van der Waals surface area (Å²) >= 11 is 0. The minimum Gasteiger partial charge on any atom is -0.480 e. The maximum Gasteiger partial charge on any atom is 0.326 e. The highest BCUT2D eigenvalue weighted by atomic mass is 16.4. The summed E-state index contributed by atoms with van der Waals surface area (Å²) in [7, 11) is 1.50. The molecule has 2 amide bonds. The molecule has 0 aliphatic carbocycles. The van der Waals surface area contributed by atoms with Crippen molar-refractivity contribution in [3.63, 3.8) is 0 Å². The summed E-state index contributed by atoms with van der Waals surface area (Å²) in [6.07, 6.45) is 0.235. The molecule has 0 aliphatic heterocycles. The molecule has 26 heavy (non-hydrogen) atoms. The number of nitrogens with zero attached hydrogens (tertiary/aromatic N) is 1. The lowest BCUT2D eigenvalue weighted by molar-refractivity contribution is -0.141. The molecule has 0 saturated heterocycles. The second-order valence-corrected chi connectivity index (χ2v) is 6.07. The van der Waals surface area contributed by atoms with E-state index >= 15 is 0 Å². The van der Waals surface area contributed by atoms with Crippen molar-refractivity contribution in [1.82, 2.24) is 10.2 Å². The smallest absolute Gasteiger partial charge is 0.326 e. The number of carbonyl (C=O) groups excluding carboxylic acids is 2. The summed E-state index contributed by atoms with van der Waals surface area (Å²) in [5, 5.41) is 12.2. The lowest BCUT2D eigenvalue weighted by Gasteiger charge is -2.25. The third-order valence-electron chi connectivity index (χ3n) is 4.09. The molecule has 2 rings (SSSR count). The van der Waals surface area contributed by atoms with Gasteiger partial charge >= 0.3 is 5.97 Å². The second-order valence-electron chi connectivity index (χ2n) is 6.07. The molecule has 1 atom stereocenters. The molecule has 0 saturated carbocycles. The summed E-state index contributed by atoms with van der Waals surface area (Å²) in [6, 6.07) is 15.0. The number of amides is 2. The molecule has 0 aromatic heterocycles. The Kier molecular flexibility index (Phi) is 6.49. The van der Waals surface area contributed by atoms with Crippen LogP contribution in [-0.4, -0.2) is 40.9 Å². The highest BCUT2D eigenvalue weighted by molar-refractivity contribution is 5.96. The van der Waals surface area contributed by atoms with Gasteiger partial charge in [-0.2, -0.15) is 0 Å². The Hall–Kier alpha value is -3.15. The van der Waals surface area contributed by atoms with Gasteiger partial charge in [-0.25, -0.2) is 4.79 Å². The normalized spacial score (nSPS) is 11.5. The van der Waals surface area contributed by atoms with E-state index in [9.17, 15) is 19.5 Å². The van der Waals surface area contributed by atoms with E-state index in [0.717, 1.165) is 11.1 Å². The number of likely N-dealkylation sites (N-methyl/N-ethyl adjacent to an activating group) is 1. The maximum atomic E-state index is 12.7. The van der Waals surface area contributed by atoms with E-state index in [1.807, 2.05) is 30.3 Å². The Morgan fingerprint density at radius 2 is 1.62 bits per heavy atom. The SMILES string of the molecule is CC(=O)NCc1ccc(C(=O)N(C)C(Cc2ccccc2)C(=O)O)cc1. The Labute approximate surface area is 152 Å². The van der Waals surface area contributed by atoms with E-state index in [0.29, 0.717) is 12.1 Å². The van der Waals surface area contributed by atoms with Crippen LogP contribution in [0.5, 0.6) is 0 Å². The standard InChI is InChI=1S/C20H22N2O4/c1-14(23)21-13-16-8-10-17(11-9-16)19(24)22(2)18(20(25)26)12-15-6-4-3-5-7-15/h3-11,18H,12-13H2,1-2H3,(H,21,23)(H,25,26). The van der Waals surface area contributed by atoms with Crippen LogP contribution in [0.25, 0.3) is 0 Å². The molecule has 6 heteroatoms. The zero-order valence-electron chi connectivity index (χ0n) is 14.8. The fourth-order valence-corrected chi connectivity index (χ4v) is 2.56. The molecular formula is C20H22N2O4. The highest BCUT2D eigenvalue weighted by Crippen LogP contribution is 2.13. The van der Waals surface area contributed by atoms with Crippen LogP contribution in [0.2, 0.25) is 0 Å². The van der Waals surface area contributed by atoms with Crippen molar-refractivity contribution in [2.45, 2.75) is 25.9 Å². The Balaban J connectivity index is 2.10. The first-order valence-electron chi connectivity index (χ1n) is 8.25. The minimum atomic E-state index is -1.05. The first kappa shape index (κ1) is 19.2. The van der Waals surface area contributed by atoms with Crippen LogP contribution in [0.3, 0.4) is 0 Å². The first-order valence-corrected chi connectivity index (χ1v) is 8.25. The molecule has 136 valence electrons. The number of benzene rings is 2. The molecular weight excluding hydrogens is 332 g/mol. The molecule has 2 N–H and O–H groups in total. The monoisotopic (exact) mass is 354 g/mol. The van der Waals surface area contributed by atoms with E-state index in [1.54, 1.807) is 24.3 Å². The molecule has 0 heterocycles. The summed E-state index contributed by atoms with van der Waals surface area (Å²) in [4.78, 5) is 36.5. The second kappa shape index (κ2) is 8.80. The van der Waals surface area contributed by atoms with E-state index in [-0.39, 0.29) is 18.2 Å². The predicted octanol–water partition coefficient (Wildman–Crippen LogP) is 2.09. The van der Waals surface area contributed by atoms with Gasteiger partial charge in [0.2, 0.25) is 5.91 Å². The zero-order chi connectivity index (χ0) is 19.1. The largest absolute Gasteiger partial charge is 0.480 e. The van der Waals surface area contributed by atoms with Gasteiger partial charge in [0.15, 0.2) is 0 Å². The number of aliphatic carboxylic acids is 1. The van der Waals surface area contributed by atoms with Crippen molar-refractivity contribution in [1.29, 1.82) is 0 Å². The molecule has 0 radical (unpaired) electrons. The van der Waals surface area contributed by atoms with Gasteiger partial charge in [0.1, 0.15) is 6.04 Å². The number of hydrogen-bond acceptors (Lipinski definition) is 3. The van der Waals surface area contributed by atoms with Gasteiger partial charge in [-0.3, -0.25) is 9.59 Å². The van der Waals surface area contributed by atoms with Crippen molar-refractivity contribution < 1.29 is 19.5 Å². The molecule has 1 unspecified atom stereocenters. The highest BCUT2D eigenvalue weighted by Gasteiger charge is 2.27. The van der Waals surface area contributed by atoms with Crippen molar-refractivity contribution >= 4 is 17.8 Å². The quantitative estimate of drug-likeness (QED) is 0.797. The number of carboxylic acid groups (broad SMARTS) is 1. The lowest BCUT2D eigenvalue weighted by atomic mass is 10.0. The molecule has 2 aromatic carbocycles. The van der Waals surface area contributed by atoms with Crippen LogP contribution in [0.15, 0.2) is 54.6 Å². The van der Waals surface area contributed by atoms with Crippen LogP contribution in [0.1, 0.15) is 28.4 Å². The molecule has 0 bridgehead atoms. The predicted molar refractivity (Wildman–Crippen MR) is 97.6 cm³/mol. The fourth-order valence-electron chi connectivity index (χ4n) is 2.56. The summed E-state index contributed by atoms with van der Waals surface area (Å²) in [5.41, 5.74) is 2.11. The van der Waals surface area contributed by atoms with Crippen LogP contribution >= 0.6 is 0 Å². The van der Waals surface area contributed by atoms with E-state index in [2.05, 4.69) is 5.32 Å². The number of nitrogens with one attached hydrogen (secondary N) is 1. The summed E-state index contributed by atoms with van der Waals surface area (Å²) in [6.45, 7) is 1.82. The van der Waals surface area contributed by atoms with E-state index in [4.69, 9.17) is 0 Å². The number of carbonyl (C=O) groups is 3.